The fourth-order valence-electron chi connectivity index (χ4n) is 3.78. The van der Waals surface area contributed by atoms with Crippen molar-refractivity contribution in [3.05, 3.63) is 39.5 Å². The Bertz CT molecular complexity index is 1180. The number of nitrogens with zero attached hydrogens (tertiary/aromatic N) is 2. The Morgan fingerprint density at radius 1 is 1.26 bits per heavy atom. The summed E-state index contributed by atoms with van der Waals surface area (Å²) in [5.74, 6) is -2.51. The molecule has 0 spiro atoms. The van der Waals surface area contributed by atoms with Crippen LogP contribution in [0.4, 0.5) is 33.3 Å². The number of alkyl halides is 5. The lowest BCUT2D eigenvalue weighted by Crippen LogP contribution is -2.53. The van der Waals surface area contributed by atoms with E-state index in [-0.39, 0.29) is 42.6 Å². The molecule has 3 amide bonds. The number of anilines is 2. The lowest BCUT2D eigenvalue weighted by Gasteiger charge is -2.31. The molecule has 1 aromatic heterocycles. The number of thiophene rings is 1. The first-order valence-electron chi connectivity index (χ1n) is 11.5. The van der Waals surface area contributed by atoms with Crippen molar-refractivity contribution in [2.75, 3.05) is 49.6 Å². The fourth-order valence-corrected chi connectivity index (χ4v) is 4.74. The summed E-state index contributed by atoms with van der Waals surface area (Å²) in [6.45, 7) is -4.01. The number of likely N-dealkylation sites (N-methyl/N-ethyl adjacent to an activating group) is 1. The van der Waals surface area contributed by atoms with Crippen molar-refractivity contribution in [1.82, 2.24) is 10.2 Å². The van der Waals surface area contributed by atoms with E-state index in [1.807, 2.05) is 0 Å². The van der Waals surface area contributed by atoms with Gasteiger partial charge in [-0.2, -0.15) is 22.0 Å². The van der Waals surface area contributed by atoms with E-state index >= 15 is 0 Å². The van der Waals surface area contributed by atoms with Crippen molar-refractivity contribution >= 4 is 52.0 Å². The maximum absolute atomic E-state index is 13.2. The molecule has 3 rings (SSSR count). The number of benzene rings is 1. The van der Waals surface area contributed by atoms with Gasteiger partial charge in [0.1, 0.15) is 12.6 Å². The van der Waals surface area contributed by atoms with Crippen LogP contribution >= 0.6 is 22.9 Å². The van der Waals surface area contributed by atoms with Crippen LogP contribution in [-0.4, -0.2) is 80.8 Å². The van der Waals surface area contributed by atoms with Crippen LogP contribution in [0, 0.1) is 0 Å². The maximum Gasteiger partial charge on any atom is 0.401 e. The summed E-state index contributed by atoms with van der Waals surface area (Å²) < 4.78 is 75.8. The number of hydrogen-bond donors (Lipinski definition) is 2. The highest BCUT2D eigenvalue weighted by Gasteiger charge is 2.36. The minimum absolute atomic E-state index is 0.00674. The first kappa shape index (κ1) is 30.5. The molecule has 0 radical (unpaired) electrons. The highest BCUT2D eigenvalue weighted by Crippen LogP contribution is 2.34. The summed E-state index contributed by atoms with van der Waals surface area (Å²) in [5.41, 5.74) is -0.0724. The average Bonchev–Trinajstić information content (AvgIpc) is 3.29. The molecule has 1 aliphatic heterocycles. The van der Waals surface area contributed by atoms with Gasteiger partial charge in [-0.05, 0) is 30.8 Å². The third-order valence-corrected chi connectivity index (χ3v) is 6.73. The van der Waals surface area contributed by atoms with Crippen LogP contribution in [0.3, 0.4) is 0 Å². The summed E-state index contributed by atoms with van der Waals surface area (Å²) in [5, 5.41) is 4.83. The third kappa shape index (κ3) is 8.74. The second-order valence-electron chi connectivity index (χ2n) is 8.16. The van der Waals surface area contributed by atoms with Gasteiger partial charge in [0, 0.05) is 24.8 Å². The zero-order valence-electron chi connectivity index (χ0n) is 20.4. The largest absolute Gasteiger partial charge is 0.433 e. The molecule has 1 atom stereocenters. The van der Waals surface area contributed by atoms with E-state index < -0.39 is 55.4 Å². The van der Waals surface area contributed by atoms with Crippen molar-refractivity contribution in [2.24, 2.45) is 0 Å². The Labute approximate surface area is 228 Å². The topological polar surface area (TPSA) is 100 Å². The number of halogens is 6. The van der Waals surface area contributed by atoms with Gasteiger partial charge < -0.3 is 25.0 Å². The van der Waals surface area contributed by atoms with E-state index in [1.165, 1.54) is 36.1 Å². The number of ether oxygens (including phenoxy) is 2. The van der Waals surface area contributed by atoms with E-state index in [2.05, 4.69) is 15.4 Å². The number of carbonyl (C=O) groups excluding carboxylic acids is 3. The highest BCUT2D eigenvalue weighted by atomic mass is 35.5. The van der Waals surface area contributed by atoms with Crippen LogP contribution in [0.2, 0.25) is 4.34 Å². The van der Waals surface area contributed by atoms with Gasteiger partial charge in [0.25, 0.3) is 11.8 Å². The highest BCUT2D eigenvalue weighted by molar-refractivity contribution is 7.18. The van der Waals surface area contributed by atoms with Crippen molar-refractivity contribution in [2.45, 2.75) is 25.8 Å². The molecule has 9 nitrogen and oxygen atoms in total. The summed E-state index contributed by atoms with van der Waals surface area (Å²) in [4.78, 5) is 40.0. The quantitative estimate of drug-likeness (QED) is 0.380. The van der Waals surface area contributed by atoms with Gasteiger partial charge in [0.2, 0.25) is 5.91 Å². The van der Waals surface area contributed by atoms with Crippen molar-refractivity contribution in [1.29, 1.82) is 0 Å². The third-order valence-electron chi connectivity index (χ3n) is 5.50. The molecular weight excluding hydrogens is 575 g/mol. The molecule has 1 fully saturated rings. The number of hydrogen-bond acceptors (Lipinski definition) is 7. The summed E-state index contributed by atoms with van der Waals surface area (Å²) in [6.07, 6.45) is -4.65. The molecule has 39 heavy (non-hydrogen) atoms. The van der Waals surface area contributed by atoms with Crippen LogP contribution in [0.5, 0.6) is 5.75 Å². The van der Waals surface area contributed by atoms with Crippen LogP contribution < -0.4 is 20.3 Å². The van der Waals surface area contributed by atoms with Crippen LogP contribution in [-0.2, 0) is 14.3 Å². The van der Waals surface area contributed by atoms with Gasteiger partial charge in [0.05, 0.1) is 28.1 Å². The Kier molecular flexibility index (Phi) is 10.5. The first-order valence-corrected chi connectivity index (χ1v) is 12.7. The Hall–Kier alpha value is -3.01. The molecule has 0 unspecified atom stereocenters. The van der Waals surface area contributed by atoms with Gasteiger partial charge in [-0.15, -0.1) is 11.3 Å². The molecule has 2 aromatic rings. The Balaban J connectivity index is 1.84. The molecular formula is C23H24ClF5N4O5S. The normalized spacial score (nSPS) is 15.0. The molecule has 0 aliphatic carbocycles. The molecule has 2 N–H and O–H groups in total. The summed E-state index contributed by atoms with van der Waals surface area (Å²) in [6, 6.07) is 5.00. The van der Waals surface area contributed by atoms with E-state index in [0.29, 0.717) is 4.34 Å². The number of nitrogens with one attached hydrogen (secondary N) is 2. The van der Waals surface area contributed by atoms with E-state index in [4.69, 9.17) is 16.3 Å². The standard InChI is InChI=1S/C23H24ClF5N4O5S/c1-2-32(12-23(27,28)29)15(10-30-21(36)17-5-6-18(24)39-17)20(35)31-13-3-4-14(16(9-13)38-22(25)26)33-7-8-37-11-19(33)34/h3-6,9,15,22H,2,7-8,10-12H2,1H3,(H,30,36)(H,31,35)/t15-/m0/s1. The molecule has 1 saturated heterocycles. The molecule has 214 valence electrons. The maximum atomic E-state index is 13.2. The molecule has 2 heterocycles. The fraction of sp³-hybridized carbons (Fsp3) is 0.435. The van der Waals surface area contributed by atoms with Gasteiger partial charge >= 0.3 is 12.8 Å². The second kappa shape index (κ2) is 13.4. The minimum atomic E-state index is -4.65. The number of rotatable bonds is 11. The predicted molar refractivity (Wildman–Crippen MR) is 134 cm³/mol. The molecule has 0 saturated carbocycles. The van der Waals surface area contributed by atoms with Crippen LogP contribution in [0.1, 0.15) is 16.6 Å². The second-order valence-corrected chi connectivity index (χ2v) is 9.87. The zero-order chi connectivity index (χ0) is 28.7. The van der Waals surface area contributed by atoms with Crippen LogP contribution in [0.15, 0.2) is 30.3 Å². The van der Waals surface area contributed by atoms with Gasteiger partial charge in [-0.25, -0.2) is 0 Å². The SMILES string of the molecule is CCN(CC(F)(F)F)[C@@H](CNC(=O)c1ccc(Cl)s1)C(=O)Nc1ccc(N2CCOCC2=O)c(OC(F)F)c1. The van der Waals surface area contributed by atoms with E-state index in [0.717, 1.165) is 22.3 Å². The lowest BCUT2D eigenvalue weighted by molar-refractivity contribution is -0.153. The molecule has 1 aromatic carbocycles. The summed E-state index contributed by atoms with van der Waals surface area (Å²) in [7, 11) is 0. The lowest BCUT2D eigenvalue weighted by atomic mass is 10.1. The van der Waals surface area contributed by atoms with Crippen molar-refractivity contribution in [3.8, 4) is 5.75 Å². The van der Waals surface area contributed by atoms with Crippen LogP contribution in [0.25, 0.3) is 0 Å². The van der Waals surface area contributed by atoms with E-state index in [1.54, 1.807) is 0 Å². The molecule has 0 bridgehead atoms. The number of morpholine rings is 1. The van der Waals surface area contributed by atoms with Crippen molar-refractivity contribution < 1.29 is 45.8 Å². The summed E-state index contributed by atoms with van der Waals surface area (Å²) >= 11 is 6.77. The zero-order valence-corrected chi connectivity index (χ0v) is 22.0. The predicted octanol–water partition coefficient (Wildman–Crippen LogP) is 3.99. The van der Waals surface area contributed by atoms with Gasteiger partial charge in [-0.3, -0.25) is 19.3 Å². The van der Waals surface area contributed by atoms with Crippen molar-refractivity contribution in [3.63, 3.8) is 0 Å². The Morgan fingerprint density at radius 3 is 2.59 bits per heavy atom. The van der Waals surface area contributed by atoms with Gasteiger partial charge in [0.15, 0.2) is 5.75 Å². The smallest absolute Gasteiger partial charge is 0.401 e. The Morgan fingerprint density at radius 2 is 2.00 bits per heavy atom. The number of amides is 3. The number of carbonyl (C=O) groups is 3. The monoisotopic (exact) mass is 598 g/mol. The van der Waals surface area contributed by atoms with E-state index in [9.17, 15) is 36.3 Å². The average molecular weight is 599 g/mol. The molecule has 1 aliphatic rings. The molecule has 16 heteroatoms. The van der Waals surface area contributed by atoms with Gasteiger partial charge in [-0.1, -0.05) is 18.5 Å². The minimum Gasteiger partial charge on any atom is -0.433 e. The first-order chi connectivity index (χ1) is 18.4.